The van der Waals surface area contributed by atoms with Crippen molar-refractivity contribution in [3.05, 3.63) is 29.8 Å². The summed E-state index contributed by atoms with van der Waals surface area (Å²) in [7, 11) is 0. The zero-order valence-electron chi connectivity index (χ0n) is 6.07. The van der Waals surface area contributed by atoms with Crippen LogP contribution in [0.25, 0.3) is 0 Å². The highest BCUT2D eigenvalue weighted by molar-refractivity contribution is 7.80. The Bertz CT molecular complexity index is 239. The first kappa shape index (κ1) is 8.59. The SMILES string of the molecule is NC(CO)c1ccccc1S. The van der Waals surface area contributed by atoms with Gasteiger partial charge in [0.2, 0.25) is 0 Å². The fourth-order valence-corrected chi connectivity index (χ4v) is 1.23. The van der Waals surface area contributed by atoms with Crippen molar-refractivity contribution in [3.63, 3.8) is 0 Å². The van der Waals surface area contributed by atoms with E-state index in [1.165, 1.54) is 0 Å². The Morgan fingerprint density at radius 1 is 1.45 bits per heavy atom. The molecule has 1 unspecified atom stereocenters. The van der Waals surface area contributed by atoms with E-state index in [-0.39, 0.29) is 12.6 Å². The van der Waals surface area contributed by atoms with Gasteiger partial charge < -0.3 is 10.8 Å². The summed E-state index contributed by atoms with van der Waals surface area (Å²) in [5, 5.41) is 8.75. The van der Waals surface area contributed by atoms with Gasteiger partial charge in [0, 0.05) is 4.90 Å². The molecule has 11 heavy (non-hydrogen) atoms. The number of aliphatic hydroxyl groups excluding tert-OH is 1. The molecule has 1 atom stereocenters. The molecule has 0 heterocycles. The molecule has 3 N–H and O–H groups in total. The van der Waals surface area contributed by atoms with Crippen LogP contribution in [0.2, 0.25) is 0 Å². The molecule has 1 rings (SSSR count). The molecule has 0 aliphatic heterocycles. The van der Waals surface area contributed by atoms with Crippen LogP contribution in [-0.4, -0.2) is 11.7 Å². The van der Waals surface area contributed by atoms with Gasteiger partial charge in [0.05, 0.1) is 12.6 Å². The van der Waals surface area contributed by atoms with Gasteiger partial charge in [-0.05, 0) is 11.6 Å². The molecule has 3 heteroatoms. The van der Waals surface area contributed by atoms with Crippen LogP contribution in [0.4, 0.5) is 0 Å². The number of benzene rings is 1. The summed E-state index contributed by atoms with van der Waals surface area (Å²) in [5.41, 5.74) is 6.48. The standard InChI is InChI=1S/C8H11NOS/c9-7(5-10)6-3-1-2-4-8(6)11/h1-4,7,10-11H,5,9H2. The number of rotatable bonds is 2. The molecule has 0 aliphatic carbocycles. The Morgan fingerprint density at radius 3 is 2.64 bits per heavy atom. The average molecular weight is 169 g/mol. The molecule has 1 aromatic rings. The molecule has 2 nitrogen and oxygen atoms in total. The van der Waals surface area contributed by atoms with Crippen LogP contribution in [0, 0.1) is 0 Å². The van der Waals surface area contributed by atoms with Crippen LogP contribution in [0.15, 0.2) is 29.2 Å². The zero-order chi connectivity index (χ0) is 8.27. The van der Waals surface area contributed by atoms with Crippen molar-refractivity contribution in [1.29, 1.82) is 0 Å². The molecular weight excluding hydrogens is 158 g/mol. The number of nitrogens with two attached hydrogens (primary N) is 1. The van der Waals surface area contributed by atoms with Crippen molar-refractivity contribution in [2.45, 2.75) is 10.9 Å². The summed E-state index contributed by atoms with van der Waals surface area (Å²) in [6.45, 7) is -0.0441. The summed E-state index contributed by atoms with van der Waals surface area (Å²) < 4.78 is 0. The monoisotopic (exact) mass is 169 g/mol. The minimum Gasteiger partial charge on any atom is -0.394 e. The van der Waals surface area contributed by atoms with E-state index in [9.17, 15) is 0 Å². The smallest absolute Gasteiger partial charge is 0.0624 e. The van der Waals surface area contributed by atoms with E-state index < -0.39 is 0 Å². The predicted molar refractivity (Wildman–Crippen MR) is 47.7 cm³/mol. The zero-order valence-corrected chi connectivity index (χ0v) is 6.96. The summed E-state index contributed by atoms with van der Waals surface area (Å²) >= 11 is 4.20. The summed E-state index contributed by atoms with van der Waals surface area (Å²) in [5.74, 6) is 0. The van der Waals surface area contributed by atoms with Crippen LogP contribution >= 0.6 is 12.6 Å². The van der Waals surface area contributed by atoms with E-state index in [2.05, 4.69) is 12.6 Å². The van der Waals surface area contributed by atoms with Crippen LogP contribution in [-0.2, 0) is 0 Å². The highest BCUT2D eigenvalue weighted by Crippen LogP contribution is 2.18. The Morgan fingerprint density at radius 2 is 2.09 bits per heavy atom. The van der Waals surface area contributed by atoms with Gasteiger partial charge in [-0.3, -0.25) is 0 Å². The van der Waals surface area contributed by atoms with Gasteiger partial charge in [0.1, 0.15) is 0 Å². The fraction of sp³-hybridized carbons (Fsp3) is 0.250. The second kappa shape index (κ2) is 3.76. The quantitative estimate of drug-likeness (QED) is 0.578. The first-order chi connectivity index (χ1) is 5.25. The Kier molecular flexibility index (Phi) is 2.93. The van der Waals surface area contributed by atoms with Gasteiger partial charge in [-0.15, -0.1) is 12.6 Å². The van der Waals surface area contributed by atoms with E-state index in [1.807, 2.05) is 24.3 Å². The Hall–Kier alpha value is -0.510. The highest BCUT2D eigenvalue weighted by atomic mass is 32.1. The molecule has 60 valence electrons. The number of hydrogen-bond donors (Lipinski definition) is 3. The maximum Gasteiger partial charge on any atom is 0.0624 e. The highest BCUT2D eigenvalue weighted by Gasteiger charge is 2.05. The van der Waals surface area contributed by atoms with E-state index in [1.54, 1.807) is 0 Å². The van der Waals surface area contributed by atoms with E-state index in [0.717, 1.165) is 10.5 Å². The predicted octanol–water partition coefficient (Wildman–Crippen LogP) is 0.967. The lowest BCUT2D eigenvalue weighted by molar-refractivity contribution is 0.267. The van der Waals surface area contributed by atoms with E-state index in [0.29, 0.717) is 0 Å². The second-order valence-electron chi connectivity index (χ2n) is 2.35. The molecule has 0 bridgehead atoms. The second-order valence-corrected chi connectivity index (χ2v) is 2.83. The lowest BCUT2D eigenvalue weighted by Gasteiger charge is -2.09. The average Bonchev–Trinajstić information content (AvgIpc) is 2.04. The van der Waals surface area contributed by atoms with Crippen molar-refractivity contribution in [2.75, 3.05) is 6.61 Å². The molecule has 0 aliphatic rings. The van der Waals surface area contributed by atoms with Crippen LogP contribution in [0.5, 0.6) is 0 Å². The Balaban J connectivity index is 2.93. The molecule has 0 aromatic heterocycles. The minimum absolute atomic E-state index is 0.0441. The fourth-order valence-electron chi connectivity index (χ4n) is 0.899. The molecular formula is C8H11NOS. The molecule has 0 saturated heterocycles. The molecule has 0 fully saturated rings. The lowest BCUT2D eigenvalue weighted by Crippen LogP contribution is -2.14. The van der Waals surface area contributed by atoms with Crippen LogP contribution in [0.1, 0.15) is 11.6 Å². The van der Waals surface area contributed by atoms with Gasteiger partial charge in [0.25, 0.3) is 0 Å². The molecule has 0 spiro atoms. The third kappa shape index (κ3) is 1.96. The molecule has 0 saturated carbocycles. The van der Waals surface area contributed by atoms with Crippen LogP contribution < -0.4 is 5.73 Å². The third-order valence-corrected chi connectivity index (χ3v) is 1.94. The van der Waals surface area contributed by atoms with Gasteiger partial charge >= 0.3 is 0 Å². The lowest BCUT2D eigenvalue weighted by atomic mass is 10.1. The van der Waals surface area contributed by atoms with Gasteiger partial charge in [-0.1, -0.05) is 18.2 Å². The summed E-state index contributed by atoms with van der Waals surface area (Å²) in [4.78, 5) is 0.828. The molecule has 0 amide bonds. The van der Waals surface area contributed by atoms with Crippen molar-refractivity contribution >= 4 is 12.6 Å². The third-order valence-electron chi connectivity index (χ3n) is 1.53. The van der Waals surface area contributed by atoms with Crippen molar-refractivity contribution < 1.29 is 5.11 Å². The Labute approximate surface area is 71.5 Å². The van der Waals surface area contributed by atoms with Gasteiger partial charge in [-0.2, -0.15) is 0 Å². The molecule has 0 radical (unpaired) electrons. The number of thiol groups is 1. The van der Waals surface area contributed by atoms with Crippen molar-refractivity contribution in [1.82, 2.24) is 0 Å². The van der Waals surface area contributed by atoms with Crippen molar-refractivity contribution in [2.24, 2.45) is 5.73 Å². The van der Waals surface area contributed by atoms with Gasteiger partial charge in [0.15, 0.2) is 0 Å². The largest absolute Gasteiger partial charge is 0.394 e. The summed E-state index contributed by atoms with van der Waals surface area (Å²) in [6, 6.07) is 7.17. The number of hydrogen-bond acceptors (Lipinski definition) is 3. The summed E-state index contributed by atoms with van der Waals surface area (Å²) in [6.07, 6.45) is 0. The van der Waals surface area contributed by atoms with Crippen molar-refractivity contribution in [3.8, 4) is 0 Å². The first-order valence-electron chi connectivity index (χ1n) is 3.40. The van der Waals surface area contributed by atoms with E-state index in [4.69, 9.17) is 10.8 Å². The van der Waals surface area contributed by atoms with Gasteiger partial charge in [-0.25, -0.2) is 0 Å². The van der Waals surface area contributed by atoms with Crippen LogP contribution in [0.3, 0.4) is 0 Å². The number of aliphatic hydroxyl groups is 1. The molecule has 1 aromatic carbocycles. The normalized spacial score (nSPS) is 13.0. The minimum atomic E-state index is -0.316. The van der Waals surface area contributed by atoms with E-state index >= 15 is 0 Å². The maximum absolute atomic E-state index is 8.75. The topological polar surface area (TPSA) is 46.2 Å². The first-order valence-corrected chi connectivity index (χ1v) is 3.84. The maximum atomic E-state index is 8.75.